The molecule has 2 N–H and O–H groups in total. The molecule has 7 heteroatoms. The third-order valence-electron chi connectivity index (χ3n) is 5.09. The van der Waals surface area contributed by atoms with Crippen LogP contribution in [-0.2, 0) is 14.3 Å². The van der Waals surface area contributed by atoms with Gasteiger partial charge in [0, 0.05) is 23.2 Å². The Bertz CT molecular complexity index is 939. The van der Waals surface area contributed by atoms with Gasteiger partial charge >= 0.3 is 5.97 Å². The average Bonchev–Trinajstić information content (AvgIpc) is 2.81. The van der Waals surface area contributed by atoms with Crippen LogP contribution in [-0.4, -0.2) is 36.2 Å². The molecule has 0 spiro atoms. The summed E-state index contributed by atoms with van der Waals surface area (Å²) in [6.45, 7) is 5.21. The molecule has 0 aliphatic carbocycles. The Balaban J connectivity index is 1.88. The van der Waals surface area contributed by atoms with Crippen LogP contribution < -0.4 is 10.6 Å². The van der Waals surface area contributed by atoms with Gasteiger partial charge in [-0.1, -0.05) is 51.8 Å². The molecule has 0 aliphatic heterocycles. The monoisotopic (exact) mass is 452 g/mol. The van der Waals surface area contributed by atoms with Crippen LogP contribution >= 0.6 is 0 Å². The highest BCUT2D eigenvalue weighted by molar-refractivity contribution is 6.00. The van der Waals surface area contributed by atoms with E-state index in [-0.39, 0.29) is 23.5 Å². The van der Waals surface area contributed by atoms with Crippen molar-refractivity contribution in [2.24, 2.45) is 5.92 Å². The summed E-state index contributed by atoms with van der Waals surface area (Å²) in [4.78, 5) is 49.3. The zero-order valence-electron chi connectivity index (χ0n) is 19.4. The van der Waals surface area contributed by atoms with Crippen molar-refractivity contribution in [1.29, 1.82) is 0 Å². The van der Waals surface area contributed by atoms with Gasteiger partial charge in [0.05, 0.1) is 0 Å². The van der Waals surface area contributed by atoms with Gasteiger partial charge in [0.1, 0.15) is 6.04 Å². The number of amides is 2. The molecule has 0 aliphatic rings. The molecule has 176 valence electrons. The fourth-order valence-electron chi connectivity index (χ4n) is 3.12. The van der Waals surface area contributed by atoms with Gasteiger partial charge in [0.2, 0.25) is 5.91 Å². The Morgan fingerprint density at radius 3 is 2.15 bits per heavy atom. The number of hydrogen-bond donors (Lipinski definition) is 2. The van der Waals surface area contributed by atoms with Crippen LogP contribution in [0, 0.1) is 5.92 Å². The van der Waals surface area contributed by atoms with Crippen molar-refractivity contribution in [3.8, 4) is 0 Å². The van der Waals surface area contributed by atoms with E-state index >= 15 is 0 Å². The number of carbonyl (C=O) groups is 4. The molecular formula is C26H32N2O5. The molecule has 0 radical (unpaired) electrons. The number of anilines is 1. The summed E-state index contributed by atoms with van der Waals surface area (Å²) >= 11 is 0. The molecule has 2 aromatic rings. The highest BCUT2D eigenvalue weighted by Crippen LogP contribution is 2.13. The second kappa shape index (κ2) is 13.2. The van der Waals surface area contributed by atoms with E-state index in [0.717, 1.165) is 19.3 Å². The number of Topliss-reactive ketones (excluding diaryl/α,β-unsaturated/α-hetero) is 1. The van der Waals surface area contributed by atoms with Crippen LogP contribution in [0.1, 0.15) is 67.2 Å². The van der Waals surface area contributed by atoms with E-state index < -0.39 is 18.6 Å². The molecule has 0 heterocycles. The minimum atomic E-state index is -0.879. The van der Waals surface area contributed by atoms with E-state index in [1.807, 2.05) is 0 Å². The summed E-state index contributed by atoms with van der Waals surface area (Å²) in [5, 5.41) is 5.48. The molecule has 0 fully saturated rings. The summed E-state index contributed by atoms with van der Waals surface area (Å²) in [6, 6.07) is 14.1. The third kappa shape index (κ3) is 8.52. The lowest BCUT2D eigenvalue weighted by Crippen LogP contribution is -2.45. The van der Waals surface area contributed by atoms with Crippen LogP contribution in [0.3, 0.4) is 0 Å². The normalized spacial score (nSPS) is 11.5. The zero-order chi connectivity index (χ0) is 24.2. The predicted octanol–water partition coefficient (Wildman–Crippen LogP) is 4.39. The van der Waals surface area contributed by atoms with Gasteiger partial charge in [-0.3, -0.25) is 14.4 Å². The number of rotatable bonds is 12. The first-order chi connectivity index (χ1) is 15.8. The molecule has 33 heavy (non-hydrogen) atoms. The van der Waals surface area contributed by atoms with Crippen LogP contribution in [0.2, 0.25) is 0 Å². The molecule has 0 saturated carbocycles. The van der Waals surface area contributed by atoms with Gasteiger partial charge in [-0.2, -0.15) is 0 Å². The summed E-state index contributed by atoms with van der Waals surface area (Å²) in [5.74, 6) is -1.71. The third-order valence-corrected chi connectivity index (χ3v) is 5.09. The molecule has 2 rings (SSSR count). The van der Waals surface area contributed by atoms with E-state index in [1.165, 1.54) is 0 Å². The second-order valence-electron chi connectivity index (χ2n) is 8.17. The number of carbonyl (C=O) groups excluding carboxylic acids is 4. The maximum absolute atomic E-state index is 12.5. The first-order valence-corrected chi connectivity index (χ1v) is 11.3. The lowest BCUT2D eigenvalue weighted by molar-refractivity contribution is -0.146. The van der Waals surface area contributed by atoms with Crippen LogP contribution in [0.15, 0.2) is 54.6 Å². The van der Waals surface area contributed by atoms with Crippen LogP contribution in [0.5, 0.6) is 0 Å². The highest BCUT2D eigenvalue weighted by Gasteiger charge is 2.26. The van der Waals surface area contributed by atoms with E-state index in [0.29, 0.717) is 23.2 Å². The molecule has 2 aromatic carbocycles. The molecule has 7 nitrogen and oxygen atoms in total. The smallest absolute Gasteiger partial charge is 0.329 e. The van der Waals surface area contributed by atoms with Crippen molar-refractivity contribution in [3.05, 3.63) is 65.7 Å². The Labute approximate surface area is 194 Å². The molecule has 0 bridgehead atoms. The standard InChI is InChI=1S/C26H32N2O5/c1-4-5-7-12-23(30)27-21-15-13-19(14-16-21)22(29)17-33-26(32)24(18(2)3)28-25(31)20-10-8-6-9-11-20/h6,8-11,13-16,18,24H,4-5,7,12,17H2,1-3H3,(H,27,30)(H,28,31)/t24-/m0/s1. The Hall–Kier alpha value is -3.48. The van der Waals surface area contributed by atoms with E-state index in [4.69, 9.17) is 4.74 Å². The molecular weight excluding hydrogens is 420 g/mol. The minimum Gasteiger partial charge on any atom is -0.456 e. The fraction of sp³-hybridized carbons (Fsp3) is 0.385. The minimum absolute atomic E-state index is 0.0614. The fourth-order valence-corrected chi connectivity index (χ4v) is 3.12. The summed E-state index contributed by atoms with van der Waals surface area (Å²) in [5.41, 5.74) is 1.40. The first kappa shape index (κ1) is 25.8. The predicted molar refractivity (Wildman–Crippen MR) is 127 cm³/mol. The lowest BCUT2D eigenvalue weighted by atomic mass is 10.0. The molecule has 0 saturated heterocycles. The molecule has 2 amide bonds. The Kier molecular flexibility index (Phi) is 10.3. The highest BCUT2D eigenvalue weighted by atomic mass is 16.5. The number of ether oxygens (including phenoxy) is 1. The van der Waals surface area contributed by atoms with Crippen molar-refractivity contribution in [2.75, 3.05) is 11.9 Å². The lowest BCUT2D eigenvalue weighted by Gasteiger charge is -2.20. The van der Waals surface area contributed by atoms with Crippen molar-refractivity contribution in [3.63, 3.8) is 0 Å². The van der Waals surface area contributed by atoms with Crippen LogP contribution in [0.25, 0.3) is 0 Å². The van der Waals surface area contributed by atoms with E-state index in [2.05, 4.69) is 17.6 Å². The van der Waals surface area contributed by atoms with Crippen molar-refractivity contribution in [1.82, 2.24) is 5.32 Å². The van der Waals surface area contributed by atoms with Gasteiger partial charge in [-0.25, -0.2) is 4.79 Å². The van der Waals surface area contributed by atoms with Gasteiger partial charge in [0.25, 0.3) is 5.91 Å². The van der Waals surface area contributed by atoms with Gasteiger partial charge < -0.3 is 15.4 Å². The maximum atomic E-state index is 12.5. The molecule has 0 unspecified atom stereocenters. The number of ketones is 1. The average molecular weight is 453 g/mol. The number of esters is 1. The number of nitrogens with one attached hydrogen (secondary N) is 2. The number of benzene rings is 2. The Morgan fingerprint density at radius 2 is 1.55 bits per heavy atom. The topological polar surface area (TPSA) is 102 Å². The summed E-state index contributed by atoms with van der Waals surface area (Å²) < 4.78 is 5.20. The molecule has 0 aromatic heterocycles. The quantitative estimate of drug-likeness (QED) is 0.283. The summed E-state index contributed by atoms with van der Waals surface area (Å²) in [7, 11) is 0. The number of unbranched alkanes of at least 4 members (excludes halogenated alkanes) is 2. The second-order valence-corrected chi connectivity index (χ2v) is 8.17. The Morgan fingerprint density at radius 1 is 0.879 bits per heavy atom. The van der Waals surface area contributed by atoms with Gasteiger partial charge in [0.15, 0.2) is 12.4 Å². The van der Waals surface area contributed by atoms with Gasteiger partial charge in [-0.05, 0) is 48.7 Å². The van der Waals surface area contributed by atoms with E-state index in [9.17, 15) is 19.2 Å². The maximum Gasteiger partial charge on any atom is 0.329 e. The number of hydrogen-bond acceptors (Lipinski definition) is 5. The largest absolute Gasteiger partial charge is 0.456 e. The van der Waals surface area contributed by atoms with Crippen LogP contribution in [0.4, 0.5) is 5.69 Å². The SMILES string of the molecule is CCCCCC(=O)Nc1ccc(C(=O)COC(=O)[C@@H](NC(=O)c2ccccc2)C(C)C)cc1. The van der Waals surface area contributed by atoms with E-state index in [1.54, 1.807) is 68.4 Å². The first-order valence-electron chi connectivity index (χ1n) is 11.3. The molecule has 1 atom stereocenters. The van der Waals surface area contributed by atoms with Crippen molar-refractivity contribution < 1.29 is 23.9 Å². The summed E-state index contributed by atoms with van der Waals surface area (Å²) in [6.07, 6.45) is 3.36. The van der Waals surface area contributed by atoms with Gasteiger partial charge in [-0.15, -0.1) is 0 Å². The zero-order valence-corrected chi connectivity index (χ0v) is 19.4. The van der Waals surface area contributed by atoms with Crippen molar-refractivity contribution >= 4 is 29.3 Å². The van der Waals surface area contributed by atoms with Crippen molar-refractivity contribution in [2.45, 2.75) is 52.5 Å².